The lowest BCUT2D eigenvalue weighted by Gasteiger charge is -2.33. The molecule has 7 heteroatoms. The number of halogens is 2. The van der Waals surface area contributed by atoms with E-state index in [9.17, 15) is 4.79 Å². The van der Waals surface area contributed by atoms with E-state index in [1.54, 1.807) is 6.07 Å². The number of benzene rings is 2. The van der Waals surface area contributed by atoms with Crippen molar-refractivity contribution in [3.8, 4) is 0 Å². The zero-order chi connectivity index (χ0) is 19.8. The standard InChI is InChI=1S/C23H28N4O.2ClH/c1-15(2)27-21-9-5-4-8-20(21)25-22(27)17-7-6-12-26(14-17)23(28)19-13-18(24)11-10-16(19)3;;/h4-5,8-11,13,15,17H,6-7,12,14,24H2,1-3H3;2*1H. The van der Waals surface area contributed by atoms with Crippen molar-refractivity contribution in [2.45, 2.75) is 45.6 Å². The molecule has 1 atom stereocenters. The molecule has 1 aliphatic rings. The van der Waals surface area contributed by atoms with Crippen LogP contribution < -0.4 is 5.73 Å². The maximum Gasteiger partial charge on any atom is 0.254 e. The Bertz CT molecular complexity index is 1030. The Morgan fingerprint density at radius 2 is 1.90 bits per heavy atom. The second-order valence-electron chi connectivity index (χ2n) is 8.09. The number of hydrogen-bond donors (Lipinski definition) is 1. The van der Waals surface area contributed by atoms with Gasteiger partial charge in [-0.3, -0.25) is 4.79 Å². The molecule has 0 bridgehead atoms. The largest absolute Gasteiger partial charge is 0.399 e. The summed E-state index contributed by atoms with van der Waals surface area (Å²) in [5, 5.41) is 0. The van der Waals surface area contributed by atoms with E-state index in [0.717, 1.165) is 36.3 Å². The highest BCUT2D eigenvalue weighted by Gasteiger charge is 2.30. The molecule has 30 heavy (non-hydrogen) atoms. The Morgan fingerprint density at radius 3 is 2.63 bits per heavy atom. The molecule has 1 unspecified atom stereocenters. The summed E-state index contributed by atoms with van der Waals surface area (Å²) in [7, 11) is 0. The molecule has 1 amide bonds. The Balaban J connectivity index is 0.00000160. The van der Waals surface area contributed by atoms with Crippen molar-refractivity contribution in [2.75, 3.05) is 18.8 Å². The molecule has 2 aromatic carbocycles. The van der Waals surface area contributed by atoms with Crippen LogP contribution in [0.2, 0.25) is 0 Å². The van der Waals surface area contributed by atoms with Crippen molar-refractivity contribution in [3.63, 3.8) is 0 Å². The molecule has 1 aliphatic heterocycles. The van der Waals surface area contributed by atoms with E-state index in [4.69, 9.17) is 10.7 Å². The van der Waals surface area contributed by atoms with Crippen molar-refractivity contribution in [1.82, 2.24) is 14.5 Å². The lowest BCUT2D eigenvalue weighted by Crippen LogP contribution is -2.40. The highest BCUT2D eigenvalue weighted by Crippen LogP contribution is 2.32. The molecule has 5 nitrogen and oxygen atoms in total. The number of aryl methyl sites for hydroxylation is 1. The summed E-state index contributed by atoms with van der Waals surface area (Å²) in [6.07, 6.45) is 2.04. The average molecular weight is 449 g/mol. The van der Waals surface area contributed by atoms with Crippen molar-refractivity contribution < 1.29 is 4.79 Å². The van der Waals surface area contributed by atoms with Crippen LogP contribution in [0.5, 0.6) is 0 Å². The summed E-state index contributed by atoms with van der Waals surface area (Å²) in [4.78, 5) is 20.1. The number of nitrogen functional groups attached to an aromatic ring is 1. The van der Waals surface area contributed by atoms with Crippen LogP contribution in [0.4, 0.5) is 5.69 Å². The van der Waals surface area contributed by atoms with Gasteiger partial charge in [-0.05, 0) is 63.4 Å². The average Bonchev–Trinajstić information content (AvgIpc) is 3.09. The Labute approximate surface area is 190 Å². The number of rotatable bonds is 3. The number of para-hydroxylation sites is 2. The molecular formula is C23H30Cl2N4O. The minimum absolute atomic E-state index is 0. The topological polar surface area (TPSA) is 64.2 Å². The number of carbonyl (C=O) groups excluding carboxylic acids is 1. The molecule has 0 saturated carbocycles. The van der Waals surface area contributed by atoms with Gasteiger partial charge in [0, 0.05) is 36.3 Å². The molecule has 4 rings (SSSR count). The number of nitrogens with zero attached hydrogens (tertiary/aromatic N) is 3. The summed E-state index contributed by atoms with van der Waals surface area (Å²) in [5.41, 5.74) is 10.4. The van der Waals surface area contributed by atoms with Gasteiger partial charge < -0.3 is 15.2 Å². The number of amides is 1. The van der Waals surface area contributed by atoms with E-state index in [1.807, 2.05) is 30.0 Å². The van der Waals surface area contributed by atoms with E-state index in [0.29, 0.717) is 23.8 Å². The highest BCUT2D eigenvalue weighted by atomic mass is 35.5. The van der Waals surface area contributed by atoms with Crippen LogP contribution in [0.15, 0.2) is 42.5 Å². The molecule has 1 aromatic heterocycles. The Morgan fingerprint density at radius 1 is 1.17 bits per heavy atom. The van der Waals surface area contributed by atoms with E-state index in [1.165, 1.54) is 5.52 Å². The van der Waals surface area contributed by atoms with Crippen LogP contribution in [-0.2, 0) is 0 Å². The third kappa shape index (κ3) is 4.42. The summed E-state index contributed by atoms with van der Waals surface area (Å²) in [6.45, 7) is 7.83. The number of fused-ring (bicyclic) bond motifs is 1. The third-order valence-corrected chi connectivity index (χ3v) is 5.71. The molecule has 1 saturated heterocycles. The van der Waals surface area contributed by atoms with Crippen molar-refractivity contribution in [1.29, 1.82) is 0 Å². The number of aromatic nitrogens is 2. The molecule has 0 radical (unpaired) electrons. The van der Waals surface area contributed by atoms with Crippen LogP contribution in [-0.4, -0.2) is 33.4 Å². The van der Waals surface area contributed by atoms with Gasteiger partial charge in [0.2, 0.25) is 0 Å². The molecule has 162 valence electrons. The molecular weight excluding hydrogens is 419 g/mol. The number of nitrogens with two attached hydrogens (primary N) is 1. The quantitative estimate of drug-likeness (QED) is 0.547. The summed E-state index contributed by atoms with van der Waals surface area (Å²) in [6, 6.07) is 14.2. The van der Waals surface area contributed by atoms with Gasteiger partial charge in [0.15, 0.2) is 0 Å². The molecule has 2 heterocycles. The second kappa shape index (κ2) is 9.71. The van der Waals surface area contributed by atoms with Gasteiger partial charge in [-0.2, -0.15) is 0 Å². The van der Waals surface area contributed by atoms with Gasteiger partial charge in [0.05, 0.1) is 11.0 Å². The van der Waals surface area contributed by atoms with E-state index < -0.39 is 0 Å². The number of likely N-dealkylation sites (tertiary alicyclic amines) is 1. The van der Waals surface area contributed by atoms with Gasteiger partial charge in [0.25, 0.3) is 5.91 Å². The zero-order valence-corrected chi connectivity index (χ0v) is 19.3. The monoisotopic (exact) mass is 448 g/mol. The van der Waals surface area contributed by atoms with Crippen LogP contribution in [0.25, 0.3) is 11.0 Å². The van der Waals surface area contributed by atoms with Gasteiger partial charge in [-0.15, -0.1) is 24.8 Å². The smallest absolute Gasteiger partial charge is 0.254 e. The molecule has 3 aromatic rings. The van der Waals surface area contributed by atoms with Crippen molar-refractivity contribution >= 4 is 47.4 Å². The number of piperidine rings is 1. The number of hydrogen-bond acceptors (Lipinski definition) is 3. The molecule has 1 fully saturated rings. The summed E-state index contributed by atoms with van der Waals surface area (Å²) in [5.74, 6) is 1.41. The Kier molecular flexibility index (Phi) is 7.78. The van der Waals surface area contributed by atoms with Crippen molar-refractivity contribution in [2.24, 2.45) is 0 Å². The maximum absolute atomic E-state index is 13.2. The fraction of sp³-hybridized carbons (Fsp3) is 0.391. The van der Waals surface area contributed by atoms with E-state index >= 15 is 0 Å². The predicted octanol–water partition coefficient (Wildman–Crippen LogP) is 5.37. The van der Waals surface area contributed by atoms with Crippen LogP contribution in [0.1, 0.15) is 60.4 Å². The fourth-order valence-corrected chi connectivity index (χ4v) is 4.31. The molecule has 0 spiro atoms. The summed E-state index contributed by atoms with van der Waals surface area (Å²) >= 11 is 0. The maximum atomic E-state index is 13.2. The first-order valence-corrected chi connectivity index (χ1v) is 10.1. The first-order chi connectivity index (χ1) is 13.5. The minimum atomic E-state index is 0. The SMILES string of the molecule is Cc1ccc(N)cc1C(=O)N1CCCC(c2nc3ccccc3n2C(C)C)C1.Cl.Cl. The van der Waals surface area contributed by atoms with E-state index in [-0.39, 0.29) is 36.6 Å². The first-order valence-electron chi connectivity index (χ1n) is 10.1. The van der Waals surface area contributed by atoms with Crippen molar-refractivity contribution in [3.05, 3.63) is 59.4 Å². The number of anilines is 1. The minimum Gasteiger partial charge on any atom is -0.399 e. The lowest BCUT2D eigenvalue weighted by molar-refractivity contribution is 0.0702. The van der Waals surface area contributed by atoms with Gasteiger partial charge in [0.1, 0.15) is 5.82 Å². The van der Waals surface area contributed by atoms with Gasteiger partial charge >= 0.3 is 0 Å². The van der Waals surface area contributed by atoms with Gasteiger partial charge in [-0.1, -0.05) is 18.2 Å². The third-order valence-electron chi connectivity index (χ3n) is 5.71. The van der Waals surface area contributed by atoms with Gasteiger partial charge in [-0.25, -0.2) is 4.98 Å². The lowest BCUT2D eigenvalue weighted by atomic mass is 9.95. The highest BCUT2D eigenvalue weighted by molar-refractivity contribution is 5.96. The number of carbonyl (C=O) groups is 1. The van der Waals surface area contributed by atoms with Crippen LogP contribution in [0, 0.1) is 6.92 Å². The molecule has 2 N–H and O–H groups in total. The zero-order valence-electron chi connectivity index (χ0n) is 17.7. The molecule has 0 aliphatic carbocycles. The second-order valence-corrected chi connectivity index (χ2v) is 8.09. The van der Waals surface area contributed by atoms with Crippen LogP contribution >= 0.6 is 24.8 Å². The predicted molar refractivity (Wildman–Crippen MR) is 128 cm³/mol. The summed E-state index contributed by atoms with van der Waals surface area (Å²) < 4.78 is 2.33. The fourth-order valence-electron chi connectivity index (χ4n) is 4.31. The van der Waals surface area contributed by atoms with Crippen LogP contribution in [0.3, 0.4) is 0 Å². The Hall–Kier alpha value is -2.24. The first kappa shape index (κ1) is 24.0. The number of imidazole rings is 1. The normalized spacial score (nSPS) is 16.3. The van der Waals surface area contributed by atoms with E-state index in [2.05, 4.69) is 36.6 Å².